The second-order valence-electron chi connectivity index (χ2n) is 3.66. The second-order valence-corrected chi connectivity index (χ2v) is 5.50. The van der Waals surface area contributed by atoms with Crippen molar-refractivity contribution < 1.29 is 17.6 Å². The summed E-state index contributed by atoms with van der Waals surface area (Å²) in [5, 5.41) is 4.18. The number of nitrogens with zero attached hydrogens (tertiary/aromatic N) is 2. The summed E-state index contributed by atoms with van der Waals surface area (Å²) in [5.74, 6) is 0.277. The summed E-state index contributed by atoms with van der Waals surface area (Å²) in [5.41, 5.74) is 0. The lowest BCUT2D eigenvalue weighted by Gasteiger charge is -2.13. The summed E-state index contributed by atoms with van der Waals surface area (Å²) in [4.78, 5) is 16.6. The average molecular weight is 245 g/mol. The van der Waals surface area contributed by atoms with E-state index in [2.05, 4.69) is 4.98 Å². The molecular weight excluding hydrogens is 234 g/mol. The molecule has 1 aromatic rings. The first-order valence-corrected chi connectivity index (χ1v) is 6.24. The number of rotatable bonds is 3. The Morgan fingerprint density at radius 3 is 2.88 bits per heavy atom. The van der Waals surface area contributed by atoms with E-state index in [1.807, 2.05) is 0 Å². The molecule has 0 saturated carbocycles. The molecule has 1 saturated heterocycles. The summed E-state index contributed by atoms with van der Waals surface area (Å²) in [7, 11) is -3.66. The lowest BCUT2D eigenvalue weighted by Crippen LogP contribution is -2.31. The topological polar surface area (TPSA) is 106 Å². The van der Waals surface area contributed by atoms with Crippen LogP contribution in [0, 0.1) is 0 Å². The fraction of sp³-hybridized carbons (Fsp3) is 0.500. The number of carbonyl (C=O) groups excluding carboxylic acids is 1. The van der Waals surface area contributed by atoms with Crippen LogP contribution in [0.15, 0.2) is 17.0 Å². The molecule has 1 aliphatic rings. The van der Waals surface area contributed by atoms with Gasteiger partial charge in [-0.05, 0) is 0 Å². The highest BCUT2D eigenvalue weighted by atomic mass is 32.2. The lowest BCUT2D eigenvalue weighted by atomic mass is 10.4. The summed E-state index contributed by atoms with van der Waals surface area (Å²) in [6.45, 7) is 0.337. The van der Waals surface area contributed by atoms with Gasteiger partial charge in [0.2, 0.25) is 15.9 Å². The van der Waals surface area contributed by atoms with E-state index in [0.717, 1.165) is 0 Å². The van der Waals surface area contributed by atoms with Crippen LogP contribution in [-0.4, -0.2) is 36.0 Å². The molecule has 1 atom stereocenters. The van der Waals surface area contributed by atoms with Crippen LogP contribution in [0.4, 0.5) is 0 Å². The number of nitrogens with two attached hydrogens (primary N) is 1. The summed E-state index contributed by atoms with van der Waals surface area (Å²) in [6.07, 6.45) is 2.68. The van der Waals surface area contributed by atoms with Gasteiger partial charge in [-0.25, -0.2) is 18.5 Å². The van der Waals surface area contributed by atoms with E-state index in [1.165, 1.54) is 17.5 Å². The molecule has 7 nitrogen and oxygen atoms in total. The van der Waals surface area contributed by atoms with Crippen molar-refractivity contribution in [2.24, 2.45) is 5.14 Å². The minimum Gasteiger partial charge on any atom is -0.447 e. The van der Waals surface area contributed by atoms with Gasteiger partial charge in [0, 0.05) is 13.0 Å². The second kappa shape index (κ2) is 3.87. The van der Waals surface area contributed by atoms with E-state index in [1.54, 1.807) is 0 Å². The van der Waals surface area contributed by atoms with Gasteiger partial charge in [0.25, 0.3) is 0 Å². The molecule has 2 heterocycles. The predicted octanol–water partition coefficient (Wildman–Crippen LogP) is -0.936. The van der Waals surface area contributed by atoms with Crippen LogP contribution < -0.4 is 5.14 Å². The van der Waals surface area contributed by atoms with Gasteiger partial charge >= 0.3 is 0 Å². The molecule has 16 heavy (non-hydrogen) atoms. The Morgan fingerprint density at radius 2 is 2.38 bits per heavy atom. The van der Waals surface area contributed by atoms with Crippen molar-refractivity contribution in [3.63, 3.8) is 0 Å². The van der Waals surface area contributed by atoms with Crippen LogP contribution in [-0.2, 0) is 21.4 Å². The molecule has 0 aliphatic carbocycles. The molecule has 1 unspecified atom stereocenters. The SMILES string of the molecule is NS(=O)(=O)C1CC(=O)N(Cc2cnco2)C1. The first-order valence-electron chi connectivity index (χ1n) is 4.63. The van der Waals surface area contributed by atoms with Crippen LogP contribution in [0.5, 0.6) is 0 Å². The number of hydrogen-bond acceptors (Lipinski definition) is 5. The Labute approximate surface area is 92.3 Å². The third-order valence-electron chi connectivity index (χ3n) is 2.47. The molecule has 0 bridgehead atoms. The lowest BCUT2D eigenvalue weighted by molar-refractivity contribution is -0.128. The Balaban J connectivity index is 2.06. The molecule has 1 fully saturated rings. The molecule has 88 valence electrons. The Morgan fingerprint density at radius 1 is 1.62 bits per heavy atom. The van der Waals surface area contributed by atoms with Crippen molar-refractivity contribution in [2.75, 3.05) is 6.54 Å². The van der Waals surface area contributed by atoms with Crippen molar-refractivity contribution in [1.29, 1.82) is 0 Å². The van der Waals surface area contributed by atoms with Crippen LogP contribution in [0.3, 0.4) is 0 Å². The molecule has 2 rings (SSSR count). The van der Waals surface area contributed by atoms with E-state index in [-0.39, 0.29) is 25.4 Å². The predicted molar refractivity (Wildman–Crippen MR) is 53.4 cm³/mol. The zero-order chi connectivity index (χ0) is 11.8. The zero-order valence-corrected chi connectivity index (χ0v) is 9.18. The average Bonchev–Trinajstić information content (AvgIpc) is 2.76. The molecule has 0 aromatic carbocycles. The highest BCUT2D eigenvalue weighted by molar-refractivity contribution is 7.89. The largest absolute Gasteiger partial charge is 0.447 e. The highest BCUT2D eigenvalue weighted by Gasteiger charge is 2.36. The van der Waals surface area contributed by atoms with Crippen LogP contribution >= 0.6 is 0 Å². The molecule has 0 radical (unpaired) electrons. The number of carbonyl (C=O) groups is 1. The number of amides is 1. The van der Waals surface area contributed by atoms with E-state index in [9.17, 15) is 13.2 Å². The number of sulfonamides is 1. The summed E-state index contributed by atoms with van der Waals surface area (Å²) >= 11 is 0. The van der Waals surface area contributed by atoms with Crippen molar-refractivity contribution >= 4 is 15.9 Å². The Hall–Kier alpha value is -1.41. The van der Waals surface area contributed by atoms with Crippen molar-refractivity contribution in [2.45, 2.75) is 18.2 Å². The normalized spacial score (nSPS) is 21.7. The van der Waals surface area contributed by atoms with Gasteiger partial charge in [-0.3, -0.25) is 4.79 Å². The van der Waals surface area contributed by atoms with Crippen LogP contribution in [0.25, 0.3) is 0 Å². The van der Waals surface area contributed by atoms with E-state index in [4.69, 9.17) is 9.56 Å². The monoisotopic (exact) mass is 245 g/mol. The van der Waals surface area contributed by atoms with E-state index in [0.29, 0.717) is 5.76 Å². The first kappa shape index (κ1) is 11.1. The van der Waals surface area contributed by atoms with Gasteiger partial charge in [-0.1, -0.05) is 0 Å². The number of aromatic nitrogens is 1. The van der Waals surface area contributed by atoms with Crippen LogP contribution in [0.2, 0.25) is 0 Å². The van der Waals surface area contributed by atoms with Gasteiger partial charge in [0.15, 0.2) is 6.39 Å². The van der Waals surface area contributed by atoms with Gasteiger partial charge in [0.1, 0.15) is 11.0 Å². The number of oxazole rings is 1. The minimum absolute atomic E-state index is 0.0625. The molecule has 1 aliphatic heterocycles. The smallest absolute Gasteiger partial charge is 0.224 e. The Bertz CT molecular complexity index is 481. The molecule has 1 amide bonds. The van der Waals surface area contributed by atoms with E-state index < -0.39 is 15.3 Å². The summed E-state index contributed by atoms with van der Waals surface area (Å²) in [6, 6.07) is 0. The summed E-state index contributed by atoms with van der Waals surface area (Å²) < 4.78 is 27.2. The van der Waals surface area contributed by atoms with Gasteiger partial charge in [0.05, 0.1) is 12.7 Å². The fourth-order valence-corrected chi connectivity index (χ4v) is 2.38. The molecule has 0 spiro atoms. The molecule has 2 N–H and O–H groups in total. The maximum Gasteiger partial charge on any atom is 0.224 e. The van der Waals surface area contributed by atoms with Gasteiger partial charge < -0.3 is 9.32 Å². The quantitative estimate of drug-likeness (QED) is 0.740. The van der Waals surface area contributed by atoms with E-state index >= 15 is 0 Å². The zero-order valence-electron chi connectivity index (χ0n) is 8.37. The number of hydrogen-bond donors (Lipinski definition) is 1. The molecule has 8 heteroatoms. The number of primary sulfonamides is 1. The molecular formula is C8H11N3O4S. The van der Waals surface area contributed by atoms with Gasteiger partial charge in [-0.2, -0.15) is 0 Å². The van der Waals surface area contributed by atoms with Crippen LogP contribution in [0.1, 0.15) is 12.2 Å². The van der Waals surface area contributed by atoms with Crippen molar-refractivity contribution in [1.82, 2.24) is 9.88 Å². The Kier molecular flexibility index (Phi) is 2.68. The third kappa shape index (κ3) is 2.22. The highest BCUT2D eigenvalue weighted by Crippen LogP contribution is 2.18. The van der Waals surface area contributed by atoms with Gasteiger partial charge in [-0.15, -0.1) is 0 Å². The van der Waals surface area contributed by atoms with Crippen molar-refractivity contribution in [3.8, 4) is 0 Å². The standard InChI is InChI=1S/C8H11N3O4S/c9-16(13,14)7-1-8(12)11(4-7)3-6-2-10-5-15-6/h2,5,7H,1,3-4H2,(H2,9,13,14). The minimum atomic E-state index is -3.66. The number of likely N-dealkylation sites (tertiary alicyclic amines) is 1. The maximum absolute atomic E-state index is 11.5. The fourth-order valence-electron chi connectivity index (χ4n) is 1.62. The van der Waals surface area contributed by atoms with Crippen molar-refractivity contribution in [3.05, 3.63) is 18.4 Å². The maximum atomic E-state index is 11.5. The first-order chi connectivity index (χ1) is 7.47. The third-order valence-corrected chi connectivity index (χ3v) is 3.72. The molecule has 1 aromatic heterocycles.